The third kappa shape index (κ3) is 2.84. The molecule has 0 saturated carbocycles. The zero-order chi connectivity index (χ0) is 14.8. The van der Waals surface area contributed by atoms with Crippen LogP contribution in [0.2, 0.25) is 0 Å². The summed E-state index contributed by atoms with van der Waals surface area (Å²) in [6, 6.07) is 0.0491. The van der Waals surface area contributed by atoms with Crippen molar-refractivity contribution in [3.63, 3.8) is 0 Å². The van der Waals surface area contributed by atoms with E-state index in [-0.39, 0.29) is 18.6 Å². The van der Waals surface area contributed by atoms with E-state index >= 15 is 0 Å². The van der Waals surface area contributed by atoms with E-state index in [0.717, 1.165) is 5.69 Å². The van der Waals surface area contributed by atoms with Gasteiger partial charge in [-0.3, -0.25) is 4.79 Å². The second-order valence-electron chi connectivity index (χ2n) is 4.88. The monoisotopic (exact) mass is 402 g/mol. The molecular formula is C12H15IN6O2. The van der Waals surface area contributed by atoms with E-state index in [9.17, 15) is 4.79 Å². The predicted octanol–water partition coefficient (Wildman–Crippen LogP) is 0.186. The molecule has 0 aromatic carbocycles. The number of aliphatic imine (C=N–C) groups is 1. The number of hydrogen-bond donors (Lipinski definition) is 0. The maximum absolute atomic E-state index is 11.8. The van der Waals surface area contributed by atoms with E-state index in [1.165, 1.54) is 0 Å². The van der Waals surface area contributed by atoms with Gasteiger partial charge in [-0.25, -0.2) is 4.99 Å². The fourth-order valence-corrected chi connectivity index (χ4v) is 3.05. The Balaban J connectivity index is 1.79. The first-order chi connectivity index (χ1) is 10.2. The summed E-state index contributed by atoms with van der Waals surface area (Å²) < 4.78 is 6.00. The van der Waals surface area contributed by atoms with Crippen LogP contribution in [0.3, 0.4) is 0 Å². The first-order valence-electron chi connectivity index (χ1n) is 6.61. The standard InChI is InChI=1S/C12H15IN6O2/c1-14-11-9(4-13)16-17-12(15-11)18-2-3-19-8(5-18)6-21-7-10(19)20/h8H,1-7H2/t8-/m1/s1. The van der Waals surface area contributed by atoms with Crippen molar-refractivity contribution in [2.24, 2.45) is 4.99 Å². The van der Waals surface area contributed by atoms with E-state index in [4.69, 9.17) is 4.74 Å². The third-order valence-electron chi connectivity index (χ3n) is 3.62. The van der Waals surface area contributed by atoms with Gasteiger partial charge in [0.1, 0.15) is 12.3 Å². The number of carbonyl (C=O) groups is 1. The molecule has 1 aromatic heterocycles. The zero-order valence-corrected chi connectivity index (χ0v) is 13.6. The fourth-order valence-electron chi connectivity index (χ4n) is 2.55. The molecule has 8 nitrogen and oxygen atoms in total. The zero-order valence-electron chi connectivity index (χ0n) is 11.4. The Morgan fingerprint density at radius 2 is 2.29 bits per heavy atom. The minimum Gasteiger partial charge on any atom is -0.369 e. The number of aromatic nitrogens is 3. The molecule has 0 bridgehead atoms. The molecule has 2 aliphatic rings. The van der Waals surface area contributed by atoms with Gasteiger partial charge in [-0.05, 0) is 6.72 Å². The molecule has 9 heteroatoms. The van der Waals surface area contributed by atoms with Crippen molar-refractivity contribution in [3.8, 4) is 0 Å². The lowest BCUT2D eigenvalue weighted by molar-refractivity contribution is -0.148. The van der Waals surface area contributed by atoms with Crippen molar-refractivity contribution < 1.29 is 9.53 Å². The van der Waals surface area contributed by atoms with Gasteiger partial charge in [0, 0.05) is 24.1 Å². The fraction of sp³-hybridized carbons (Fsp3) is 0.583. The van der Waals surface area contributed by atoms with Crippen LogP contribution in [-0.4, -0.2) is 71.6 Å². The summed E-state index contributed by atoms with van der Waals surface area (Å²) in [6.45, 7) is 6.24. The molecule has 0 spiro atoms. The first kappa shape index (κ1) is 14.6. The smallest absolute Gasteiger partial charge is 0.249 e. The summed E-state index contributed by atoms with van der Waals surface area (Å²) in [5.41, 5.74) is 0.726. The van der Waals surface area contributed by atoms with E-state index in [1.54, 1.807) is 0 Å². The highest BCUT2D eigenvalue weighted by molar-refractivity contribution is 14.1. The predicted molar refractivity (Wildman–Crippen MR) is 85.3 cm³/mol. The number of ether oxygens (including phenoxy) is 1. The first-order valence-corrected chi connectivity index (χ1v) is 8.14. The highest BCUT2D eigenvalue weighted by Gasteiger charge is 2.34. The molecule has 3 heterocycles. The largest absolute Gasteiger partial charge is 0.369 e. The highest BCUT2D eigenvalue weighted by atomic mass is 127. The lowest BCUT2D eigenvalue weighted by Crippen LogP contribution is -2.60. The number of hydrogen-bond acceptors (Lipinski definition) is 7. The number of amides is 1. The van der Waals surface area contributed by atoms with Crippen molar-refractivity contribution in [2.45, 2.75) is 10.5 Å². The third-order valence-corrected chi connectivity index (χ3v) is 4.34. The average Bonchev–Trinajstić information content (AvgIpc) is 2.54. The van der Waals surface area contributed by atoms with Gasteiger partial charge in [-0.1, -0.05) is 22.6 Å². The van der Waals surface area contributed by atoms with Gasteiger partial charge >= 0.3 is 0 Å². The molecule has 0 unspecified atom stereocenters. The second kappa shape index (κ2) is 6.18. The van der Waals surface area contributed by atoms with Crippen LogP contribution in [-0.2, 0) is 14.0 Å². The van der Waals surface area contributed by atoms with Gasteiger partial charge in [-0.15, -0.1) is 10.2 Å². The highest BCUT2D eigenvalue weighted by Crippen LogP contribution is 2.22. The number of anilines is 1. The SMILES string of the molecule is C=Nc1nc(N2CCN3C(=O)COC[C@H]3C2)nnc1CI. The van der Waals surface area contributed by atoms with Gasteiger partial charge in [0.2, 0.25) is 11.9 Å². The summed E-state index contributed by atoms with van der Waals surface area (Å²) in [7, 11) is 0. The van der Waals surface area contributed by atoms with Gasteiger partial charge in [0.25, 0.3) is 0 Å². The maximum atomic E-state index is 11.8. The van der Waals surface area contributed by atoms with E-state index in [2.05, 4.69) is 49.5 Å². The van der Waals surface area contributed by atoms with E-state index < -0.39 is 0 Å². The van der Waals surface area contributed by atoms with Gasteiger partial charge < -0.3 is 14.5 Å². The van der Waals surface area contributed by atoms with Crippen LogP contribution >= 0.6 is 22.6 Å². The topological polar surface area (TPSA) is 83.8 Å². The summed E-state index contributed by atoms with van der Waals surface area (Å²) in [5.74, 6) is 1.11. The van der Waals surface area contributed by atoms with Crippen LogP contribution < -0.4 is 4.90 Å². The van der Waals surface area contributed by atoms with Gasteiger partial charge in [0.15, 0.2) is 5.82 Å². The lowest BCUT2D eigenvalue weighted by Gasteiger charge is -2.43. The summed E-state index contributed by atoms with van der Waals surface area (Å²) in [4.78, 5) is 24.0. The van der Waals surface area contributed by atoms with Crippen molar-refractivity contribution in [2.75, 3.05) is 37.7 Å². The van der Waals surface area contributed by atoms with Gasteiger partial charge in [0.05, 0.1) is 12.6 Å². The van der Waals surface area contributed by atoms with Crippen LogP contribution in [0.1, 0.15) is 5.69 Å². The Morgan fingerprint density at radius 3 is 3.05 bits per heavy atom. The summed E-state index contributed by atoms with van der Waals surface area (Å²) in [5, 5.41) is 8.32. The number of alkyl halides is 1. The quantitative estimate of drug-likeness (QED) is 0.408. The number of piperazine rings is 1. The van der Waals surface area contributed by atoms with Crippen LogP contribution in [0.15, 0.2) is 4.99 Å². The van der Waals surface area contributed by atoms with Crippen LogP contribution in [0, 0.1) is 0 Å². The van der Waals surface area contributed by atoms with E-state index in [0.29, 0.717) is 42.4 Å². The van der Waals surface area contributed by atoms with Crippen molar-refractivity contribution in [1.29, 1.82) is 0 Å². The summed E-state index contributed by atoms with van der Waals surface area (Å²) >= 11 is 2.19. The van der Waals surface area contributed by atoms with Crippen LogP contribution in [0.4, 0.5) is 11.8 Å². The average molecular weight is 402 g/mol. The Labute approximate surface area is 135 Å². The van der Waals surface area contributed by atoms with Crippen molar-refractivity contribution in [3.05, 3.63) is 5.69 Å². The van der Waals surface area contributed by atoms with Crippen molar-refractivity contribution in [1.82, 2.24) is 20.1 Å². The Bertz CT molecular complexity index is 569. The Hall–Kier alpha value is -1.36. The molecule has 1 atom stereocenters. The maximum Gasteiger partial charge on any atom is 0.249 e. The molecule has 112 valence electrons. The molecule has 0 aliphatic carbocycles. The summed E-state index contributed by atoms with van der Waals surface area (Å²) in [6.07, 6.45) is 0. The molecule has 2 saturated heterocycles. The molecule has 0 radical (unpaired) electrons. The molecule has 2 aliphatic heterocycles. The number of carbonyl (C=O) groups excluding carboxylic acids is 1. The molecule has 1 aromatic rings. The molecule has 2 fully saturated rings. The normalized spacial score (nSPS) is 22.1. The number of morpholine rings is 1. The van der Waals surface area contributed by atoms with Crippen molar-refractivity contribution >= 4 is 47.0 Å². The van der Waals surface area contributed by atoms with E-state index in [1.807, 2.05) is 9.80 Å². The Morgan fingerprint density at radius 1 is 1.43 bits per heavy atom. The van der Waals surface area contributed by atoms with Crippen LogP contribution in [0.5, 0.6) is 0 Å². The number of halogens is 1. The number of fused-ring (bicyclic) bond motifs is 1. The molecule has 21 heavy (non-hydrogen) atoms. The molecule has 1 amide bonds. The molecular weight excluding hydrogens is 387 g/mol. The number of rotatable bonds is 3. The number of nitrogens with zero attached hydrogens (tertiary/aromatic N) is 6. The molecule has 3 rings (SSSR count). The minimum atomic E-state index is 0.0491. The minimum absolute atomic E-state index is 0.0491. The van der Waals surface area contributed by atoms with Gasteiger partial charge in [-0.2, -0.15) is 4.98 Å². The molecule has 0 N–H and O–H groups in total. The second-order valence-corrected chi connectivity index (χ2v) is 5.64. The Kier molecular flexibility index (Phi) is 4.29. The lowest BCUT2D eigenvalue weighted by atomic mass is 10.1. The van der Waals surface area contributed by atoms with Crippen LogP contribution in [0.25, 0.3) is 0 Å².